The number of rotatable bonds is 7. The van der Waals surface area contributed by atoms with Gasteiger partial charge in [-0.1, -0.05) is 6.07 Å². The third-order valence-electron chi connectivity index (χ3n) is 5.88. The number of halogens is 3. The van der Waals surface area contributed by atoms with Crippen molar-refractivity contribution in [3.63, 3.8) is 0 Å². The van der Waals surface area contributed by atoms with Crippen LogP contribution in [0.25, 0.3) is 11.3 Å². The van der Waals surface area contributed by atoms with Crippen molar-refractivity contribution in [2.75, 3.05) is 39.5 Å². The van der Waals surface area contributed by atoms with Crippen LogP contribution in [0.4, 0.5) is 18.9 Å². The maximum atomic E-state index is 15.1. The van der Waals surface area contributed by atoms with Gasteiger partial charge in [0, 0.05) is 48.5 Å². The van der Waals surface area contributed by atoms with Crippen LogP contribution in [0.3, 0.4) is 0 Å². The van der Waals surface area contributed by atoms with Crippen LogP contribution in [0.2, 0.25) is 0 Å². The summed E-state index contributed by atoms with van der Waals surface area (Å²) in [5.74, 6) is -2.14. The Labute approximate surface area is 204 Å². The van der Waals surface area contributed by atoms with E-state index < -0.39 is 23.5 Å². The molecule has 5 rings (SSSR count). The number of aromatic nitrogens is 1. The van der Waals surface area contributed by atoms with Crippen LogP contribution in [0.1, 0.15) is 26.3 Å². The molecule has 1 atom stereocenters. The summed E-state index contributed by atoms with van der Waals surface area (Å²) < 4.78 is 71.5. The van der Waals surface area contributed by atoms with Gasteiger partial charge in [0.25, 0.3) is 0 Å². The second-order valence-electron chi connectivity index (χ2n) is 8.21. The molecule has 1 N–H and O–H groups in total. The normalized spacial score (nSPS) is 20.5. The number of aliphatic imine (C=N–C) groups is 1. The Kier molecular flexibility index (Phi) is 6.24. The maximum Gasteiger partial charge on any atom is 0.152 e. The third kappa shape index (κ3) is 5.31. The lowest BCUT2D eigenvalue weighted by atomic mass is 9.93. The van der Waals surface area contributed by atoms with Crippen LogP contribution in [0.5, 0.6) is 5.75 Å². The molecule has 0 radical (unpaired) electrons. The van der Waals surface area contributed by atoms with Crippen LogP contribution in [-0.4, -0.2) is 55.7 Å². The Morgan fingerprint density at radius 1 is 1.11 bits per heavy atom. The Bertz CT molecular complexity index is 1340. The van der Waals surface area contributed by atoms with Crippen LogP contribution >= 0.6 is 0 Å². The Morgan fingerprint density at radius 2 is 1.97 bits per heavy atom. The largest absolute Gasteiger partial charge is 0.493 e. The Balaban J connectivity index is 1.40. The SMILES string of the molecule is [2H]c1cc2c(cc1OCCCN1CCOCC1)N=CNC2([2H])c1cc(-c2ncc(F)cc2F)ccc1F. The zero-order valence-corrected chi connectivity index (χ0v) is 18.9. The van der Waals surface area contributed by atoms with E-state index in [9.17, 15) is 8.78 Å². The van der Waals surface area contributed by atoms with E-state index in [4.69, 9.17) is 12.2 Å². The topological polar surface area (TPSA) is 59.0 Å². The van der Waals surface area contributed by atoms with Crippen molar-refractivity contribution in [1.82, 2.24) is 15.2 Å². The molecule has 0 bridgehead atoms. The van der Waals surface area contributed by atoms with Crippen LogP contribution in [0, 0.1) is 17.5 Å². The quantitative estimate of drug-likeness (QED) is 0.496. The number of fused-ring (bicyclic) bond motifs is 1. The average molecular weight is 485 g/mol. The predicted molar refractivity (Wildman–Crippen MR) is 126 cm³/mol. The number of nitrogens with zero attached hydrogens (tertiary/aromatic N) is 3. The lowest BCUT2D eigenvalue weighted by Crippen LogP contribution is -2.37. The fraction of sp³-hybridized carbons (Fsp3) is 0.308. The Morgan fingerprint density at radius 3 is 2.80 bits per heavy atom. The molecule has 0 amide bonds. The van der Waals surface area contributed by atoms with Gasteiger partial charge < -0.3 is 14.8 Å². The molecule has 3 heterocycles. The monoisotopic (exact) mass is 484 g/mol. The van der Waals surface area contributed by atoms with Crippen molar-refractivity contribution in [3.05, 3.63) is 77.2 Å². The highest BCUT2D eigenvalue weighted by Crippen LogP contribution is 2.37. The fourth-order valence-electron chi connectivity index (χ4n) is 4.10. The summed E-state index contributed by atoms with van der Waals surface area (Å²) in [5, 5.41) is 2.77. The number of ether oxygens (including phenoxy) is 2. The first-order valence-electron chi connectivity index (χ1n) is 12.3. The van der Waals surface area contributed by atoms with Gasteiger partial charge in [-0.2, -0.15) is 0 Å². The molecular formula is C26H25F3N4O2. The molecule has 2 aliphatic rings. The minimum absolute atomic E-state index is 0.0310. The van der Waals surface area contributed by atoms with Gasteiger partial charge in [0.15, 0.2) is 5.82 Å². The minimum Gasteiger partial charge on any atom is -0.493 e. The smallest absolute Gasteiger partial charge is 0.152 e. The van der Waals surface area contributed by atoms with Crippen molar-refractivity contribution >= 4 is 12.0 Å². The van der Waals surface area contributed by atoms with Gasteiger partial charge in [-0.05, 0) is 30.7 Å². The highest BCUT2D eigenvalue weighted by atomic mass is 19.1. The predicted octanol–water partition coefficient (Wildman–Crippen LogP) is 4.62. The van der Waals surface area contributed by atoms with E-state index in [1.807, 2.05) is 0 Å². The van der Waals surface area contributed by atoms with Crippen molar-refractivity contribution in [2.45, 2.75) is 12.4 Å². The molecule has 1 unspecified atom stereocenters. The molecule has 3 aromatic rings. The van der Waals surface area contributed by atoms with Gasteiger partial charge in [-0.25, -0.2) is 18.2 Å². The molecule has 9 heteroatoms. The second kappa shape index (κ2) is 10.5. The molecule has 0 saturated carbocycles. The summed E-state index contributed by atoms with van der Waals surface area (Å²) in [6.07, 6.45) is 2.92. The summed E-state index contributed by atoms with van der Waals surface area (Å²) in [6.45, 7) is 4.49. The van der Waals surface area contributed by atoms with Crippen molar-refractivity contribution < 1.29 is 25.4 Å². The molecule has 2 aliphatic heterocycles. The number of pyridine rings is 1. The molecule has 6 nitrogen and oxygen atoms in total. The van der Waals surface area contributed by atoms with Crippen LogP contribution < -0.4 is 10.1 Å². The van der Waals surface area contributed by atoms with Gasteiger partial charge in [0.1, 0.15) is 23.1 Å². The highest BCUT2D eigenvalue weighted by Gasteiger charge is 2.24. The van der Waals surface area contributed by atoms with E-state index >= 15 is 4.39 Å². The molecule has 1 fully saturated rings. The van der Waals surface area contributed by atoms with Crippen LogP contribution in [0.15, 0.2) is 53.6 Å². The van der Waals surface area contributed by atoms with E-state index in [1.165, 1.54) is 24.5 Å². The average Bonchev–Trinajstić information content (AvgIpc) is 2.88. The first-order valence-corrected chi connectivity index (χ1v) is 11.3. The van der Waals surface area contributed by atoms with Crippen LogP contribution in [-0.2, 0) is 4.74 Å². The van der Waals surface area contributed by atoms with Gasteiger partial charge in [0.2, 0.25) is 0 Å². The molecule has 0 spiro atoms. The summed E-state index contributed by atoms with van der Waals surface area (Å²) >= 11 is 0. The molecule has 1 saturated heterocycles. The van der Waals surface area contributed by atoms with Crippen molar-refractivity contribution in [1.29, 1.82) is 0 Å². The molecule has 182 valence electrons. The van der Waals surface area contributed by atoms with E-state index in [-0.39, 0.29) is 28.4 Å². The van der Waals surface area contributed by atoms with E-state index in [1.54, 1.807) is 6.07 Å². The molecule has 0 aliphatic carbocycles. The lowest BCUT2D eigenvalue weighted by Gasteiger charge is -2.26. The first-order chi connectivity index (χ1) is 17.8. The van der Waals surface area contributed by atoms with Gasteiger partial charge >= 0.3 is 0 Å². The summed E-state index contributed by atoms with van der Waals surface area (Å²) in [4.78, 5) is 10.4. The number of hydrogen-bond donors (Lipinski definition) is 1. The van der Waals surface area contributed by atoms with Crippen molar-refractivity contribution in [3.8, 4) is 17.0 Å². The molecule has 1 aromatic heterocycles. The number of benzene rings is 2. The Hall–Kier alpha value is -3.43. The molecular weight excluding hydrogens is 457 g/mol. The fourth-order valence-corrected chi connectivity index (χ4v) is 4.10. The number of morpholine rings is 1. The zero-order chi connectivity index (χ0) is 26.0. The zero-order valence-electron chi connectivity index (χ0n) is 20.9. The molecule has 2 aromatic carbocycles. The molecule has 35 heavy (non-hydrogen) atoms. The van der Waals surface area contributed by atoms with Gasteiger partial charge in [-0.3, -0.25) is 9.88 Å². The minimum atomic E-state index is -1.86. The van der Waals surface area contributed by atoms with E-state index in [0.717, 1.165) is 51.5 Å². The van der Waals surface area contributed by atoms with Gasteiger partial charge in [-0.15, -0.1) is 0 Å². The number of nitrogens with one attached hydrogen (secondary N) is 1. The first kappa shape index (κ1) is 20.9. The standard InChI is InChI=1S/C26H25F3N4O2/c27-18-13-23(29)25(30-15-18)17-2-5-22(28)21(12-17)26-20-4-3-19(14-24(20)31-16-32-26)35-9-1-6-33-7-10-34-11-8-33/h2-5,12-16,26H,1,6-11H2,(H,31,32)/i3D,26D. The lowest BCUT2D eigenvalue weighted by molar-refractivity contribution is 0.0358. The van der Waals surface area contributed by atoms with Crippen molar-refractivity contribution in [2.24, 2.45) is 4.99 Å². The third-order valence-corrected chi connectivity index (χ3v) is 5.88. The van der Waals surface area contributed by atoms with Gasteiger partial charge in [0.05, 0.1) is 46.8 Å². The van der Waals surface area contributed by atoms with E-state index in [2.05, 4.69) is 20.2 Å². The van der Waals surface area contributed by atoms with E-state index in [0.29, 0.717) is 24.1 Å². The maximum absolute atomic E-state index is 15.1. The highest BCUT2D eigenvalue weighted by molar-refractivity contribution is 5.71. The second-order valence-corrected chi connectivity index (χ2v) is 8.21. The summed E-state index contributed by atoms with van der Waals surface area (Å²) in [7, 11) is 0. The summed E-state index contributed by atoms with van der Waals surface area (Å²) in [6, 6.07) is 5.56. The number of hydrogen-bond acceptors (Lipinski definition) is 6. The summed E-state index contributed by atoms with van der Waals surface area (Å²) in [5.41, 5.74) is 0.477.